The number of alkyl halides is 3. The second kappa shape index (κ2) is 9.92. The minimum absolute atomic E-state index is 0.0847. The van der Waals surface area contributed by atoms with Gasteiger partial charge in [0.25, 0.3) is 0 Å². The van der Waals surface area contributed by atoms with Gasteiger partial charge in [-0.1, -0.05) is 11.6 Å². The number of carbonyl (C=O) groups excluding carboxylic acids is 2. The topological polar surface area (TPSA) is 92.1 Å². The molecule has 0 fully saturated rings. The molecule has 0 aromatic heterocycles. The molecule has 0 spiro atoms. The molecule has 0 radical (unpaired) electrons. The first-order valence-electron chi connectivity index (χ1n) is 9.71. The van der Waals surface area contributed by atoms with Crippen molar-refractivity contribution in [2.45, 2.75) is 31.1 Å². The average molecular weight is 479 g/mol. The number of anilines is 2. The van der Waals surface area contributed by atoms with Gasteiger partial charge in [-0.3, -0.25) is 0 Å². The zero-order chi connectivity index (χ0) is 24.1. The lowest BCUT2D eigenvalue weighted by Gasteiger charge is -2.12. The SMILES string of the molecule is C#CCCC1(CCOC(=O)c2ccc(NC(=O)Nc3ccc(Cl)c(C(F)(F)F)c3)cc2)N=N1. The summed E-state index contributed by atoms with van der Waals surface area (Å²) in [5, 5.41) is 12.2. The number of ether oxygens (including phenoxy) is 1. The molecule has 0 bridgehead atoms. The van der Waals surface area contributed by atoms with Crippen LogP contribution in [0.5, 0.6) is 0 Å². The zero-order valence-electron chi connectivity index (χ0n) is 17.1. The molecule has 2 amide bonds. The van der Waals surface area contributed by atoms with Crippen molar-refractivity contribution in [1.29, 1.82) is 0 Å². The van der Waals surface area contributed by atoms with Crippen molar-refractivity contribution in [3.05, 3.63) is 58.6 Å². The fourth-order valence-electron chi connectivity index (χ4n) is 2.86. The average Bonchev–Trinajstić information content (AvgIpc) is 3.53. The highest BCUT2D eigenvalue weighted by molar-refractivity contribution is 6.31. The lowest BCUT2D eigenvalue weighted by Crippen LogP contribution is -2.20. The highest BCUT2D eigenvalue weighted by atomic mass is 35.5. The van der Waals surface area contributed by atoms with Gasteiger partial charge in [-0.15, -0.1) is 12.3 Å². The lowest BCUT2D eigenvalue weighted by atomic mass is 10.1. The van der Waals surface area contributed by atoms with E-state index < -0.39 is 34.4 Å². The highest BCUT2D eigenvalue weighted by Gasteiger charge is 2.39. The maximum atomic E-state index is 12.9. The van der Waals surface area contributed by atoms with Crippen molar-refractivity contribution in [3.8, 4) is 12.3 Å². The molecule has 1 heterocycles. The first kappa shape index (κ1) is 24.1. The van der Waals surface area contributed by atoms with Gasteiger partial charge in [0.1, 0.15) is 0 Å². The third-order valence-electron chi connectivity index (χ3n) is 4.70. The van der Waals surface area contributed by atoms with E-state index in [4.69, 9.17) is 22.8 Å². The van der Waals surface area contributed by atoms with Crippen LogP contribution in [0.4, 0.5) is 29.3 Å². The van der Waals surface area contributed by atoms with Crippen molar-refractivity contribution < 1.29 is 27.5 Å². The maximum absolute atomic E-state index is 12.9. The number of amides is 2. The Labute approximate surface area is 192 Å². The van der Waals surface area contributed by atoms with Crippen LogP contribution in [0.1, 0.15) is 35.2 Å². The van der Waals surface area contributed by atoms with Crippen molar-refractivity contribution in [2.24, 2.45) is 10.2 Å². The Morgan fingerprint density at radius 2 is 1.70 bits per heavy atom. The van der Waals surface area contributed by atoms with Crippen LogP contribution in [0.25, 0.3) is 0 Å². The minimum Gasteiger partial charge on any atom is -0.462 e. The van der Waals surface area contributed by atoms with Crippen LogP contribution in [0, 0.1) is 12.3 Å². The standard InChI is InChI=1S/C22H18ClF3N4O3/c1-2-3-10-21(29-30-21)11-12-33-19(31)14-4-6-15(7-5-14)27-20(32)28-16-8-9-18(23)17(13-16)22(24,25)26/h1,4-9,13H,3,10-12H2,(H2,27,28,32). The smallest absolute Gasteiger partial charge is 0.417 e. The molecule has 0 saturated heterocycles. The van der Waals surface area contributed by atoms with Gasteiger partial charge < -0.3 is 15.4 Å². The molecule has 2 aromatic rings. The molecular formula is C22H18ClF3N4O3. The van der Waals surface area contributed by atoms with Gasteiger partial charge in [0.05, 0.1) is 22.8 Å². The molecule has 1 aliphatic heterocycles. The van der Waals surface area contributed by atoms with E-state index in [-0.39, 0.29) is 17.9 Å². The van der Waals surface area contributed by atoms with E-state index in [0.29, 0.717) is 24.9 Å². The summed E-state index contributed by atoms with van der Waals surface area (Å²) in [6.45, 7) is 0.125. The van der Waals surface area contributed by atoms with Crippen LogP contribution in [-0.4, -0.2) is 24.3 Å². The fourth-order valence-corrected chi connectivity index (χ4v) is 3.09. The van der Waals surface area contributed by atoms with Gasteiger partial charge in [0.15, 0.2) is 5.66 Å². The number of halogens is 4. The number of hydrogen-bond donors (Lipinski definition) is 2. The van der Waals surface area contributed by atoms with Crippen LogP contribution < -0.4 is 10.6 Å². The van der Waals surface area contributed by atoms with Crippen LogP contribution >= 0.6 is 11.6 Å². The molecule has 0 unspecified atom stereocenters. The first-order chi connectivity index (χ1) is 15.6. The number of hydrogen-bond acceptors (Lipinski definition) is 5. The third kappa shape index (κ3) is 6.70. The molecule has 0 atom stereocenters. The van der Waals surface area contributed by atoms with Gasteiger partial charge >= 0.3 is 18.2 Å². The number of nitrogens with one attached hydrogen (secondary N) is 2. The Hall–Kier alpha value is -3.58. The van der Waals surface area contributed by atoms with E-state index in [1.165, 1.54) is 30.3 Å². The quantitative estimate of drug-likeness (QED) is 0.353. The lowest BCUT2D eigenvalue weighted by molar-refractivity contribution is -0.137. The van der Waals surface area contributed by atoms with Gasteiger partial charge in [-0.2, -0.15) is 23.4 Å². The number of nitrogens with zero attached hydrogens (tertiary/aromatic N) is 2. The van der Waals surface area contributed by atoms with Gasteiger partial charge in [-0.05, 0) is 42.5 Å². The molecule has 11 heteroatoms. The van der Waals surface area contributed by atoms with Gasteiger partial charge in [-0.25, -0.2) is 9.59 Å². The van der Waals surface area contributed by atoms with Crippen LogP contribution in [-0.2, 0) is 10.9 Å². The number of carbonyl (C=O) groups is 2. The summed E-state index contributed by atoms with van der Waals surface area (Å²) in [5.41, 5.74) is -1.11. The van der Waals surface area contributed by atoms with E-state index in [0.717, 1.165) is 12.1 Å². The molecule has 0 aliphatic carbocycles. The van der Waals surface area contributed by atoms with E-state index >= 15 is 0 Å². The zero-order valence-corrected chi connectivity index (χ0v) is 17.8. The summed E-state index contributed by atoms with van der Waals surface area (Å²) in [5.74, 6) is 1.96. The minimum atomic E-state index is -4.65. The van der Waals surface area contributed by atoms with E-state index in [1.807, 2.05) is 0 Å². The second-order valence-electron chi connectivity index (χ2n) is 7.12. The molecule has 7 nitrogen and oxygen atoms in total. The largest absolute Gasteiger partial charge is 0.462 e. The molecule has 172 valence electrons. The molecule has 1 aliphatic rings. The summed E-state index contributed by atoms with van der Waals surface area (Å²) >= 11 is 5.56. The number of rotatable bonds is 8. The van der Waals surface area contributed by atoms with Crippen molar-refractivity contribution >= 4 is 35.0 Å². The predicted molar refractivity (Wildman–Crippen MR) is 116 cm³/mol. The summed E-state index contributed by atoms with van der Waals surface area (Å²) in [6.07, 6.45) is 2.16. The molecule has 2 N–H and O–H groups in total. The Morgan fingerprint density at radius 3 is 2.30 bits per heavy atom. The highest BCUT2D eigenvalue weighted by Crippen LogP contribution is 2.37. The Morgan fingerprint density at radius 1 is 1.06 bits per heavy atom. The van der Waals surface area contributed by atoms with Gasteiger partial charge in [0.2, 0.25) is 0 Å². The number of urea groups is 1. The Balaban J connectivity index is 1.49. The first-order valence-corrected chi connectivity index (χ1v) is 10.1. The van der Waals surface area contributed by atoms with E-state index in [2.05, 4.69) is 26.8 Å². The molecule has 2 aromatic carbocycles. The summed E-state index contributed by atoms with van der Waals surface area (Å²) in [4.78, 5) is 24.3. The number of terminal acetylenes is 1. The van der Waals surface area contributed by atoms with Crippen molar-refractivity contribution in [1.82, 2.24) is 0 Å². The molecule has 3 rings (SSSR count). The maximum Gasteiger partial charge on any atom is 0.417 e. The summed E-state index contributed by atoms with van der Waals surface area (Å²) in [7, 11) is 0. The predicted octanol–water partition coefficient (Wildman–Crippen LogP) is 6.13. The Kier molecular flexibility index (Phi) is 7.23. The number of benzene rings is 2. The van der Waals surface area contributed by atoms with Gasteiger partial charge in [0, 0.05) is 30.6 Å². The van der Waals surface area contributed by atoms with Crippen molar-refractivity contribution in [3.63, 3.8) is 0 Å². The van der Waals surface area contributed by atoms with Crippen LogP contribution in [0.15, 0.2) is 52.7 Å². The molecule has 0 saturated carbocycles. The third-order valence-corrected chi connectivity index (χ3v) is 5.03. The molecule has 33 heavy (non-hydrogen) atoms. The van der Waals surface area contributed by atoms with E-state index in [1.54, 1.807) is 0 Å². The number of esters is 1. The van der Waals surface area contributed by atoms with Crippen LogP contribution in [0.2, 0.25) is 5.02 Å². The normalized spacial score (nSPS) is 13.7. The molecular weight excluding hydrogens is 461 g/mol. The summed E-state index contributed by atoms with van der Waals surface area (Å²) in [6, 6.07) is 8.06. The summed E-state index contributed by atoms with van der Waals surface area (Å²) < 4.78 is 44.0. The van der Waals surface area contributed by atoms with Crippen molar-refractivity contribution in [2.75, 3.05) is 17.2 Å². The monoisotopic (exact) mass is 478 g/mol. The van der Waals surface area contributed by atoms with E-state index in [9.17, 15) is 22.8 Å². The second-order valence-corrected chi connectivity index (χ2v) is 7.53. The fraction of sp³-hybridized carbons (Fsp3) is 0.273. The Bertz CT molecular complexity index is 1110. The van der Waals surface area contributed by atoms with Crippen LogP contribution in [0.3, 0.4) is 0 Å².